The monoisotopic (exact) mass is 704 g/mol. The molecule has 12 atom stereocenters. The first kappa shape index (κ1) is 41.6. The number of hydrogen-bond donors (Lipinski definition) is 3. The van der Waals surface area contributed by atoms with Crippen LogP contribution in [0.2, 0.25) is 0 Å². The van der Waals surface area contributed by atoms with E-state index >= 15 is 0 Å². The van der Waals surface area contributed by atoms with Crippen molar-refractivity contribution < 1.29 is 43.9 Å². The number of carbonyl (C=O) groups excluding carboxylic acids is 3. The molecular formula is C37H60N4O9. The van der Waals surface area contributed by atoms with Gasteiger partial charge in [0.15, 0.2) is 12.1 Å². The van der Waals surface area contributed by atoms with Crippen LogP contribution >= 0.6 is 0 Å². The smallest absolute Gasteiger partial charge is 0.308 e. The second-order valence-corrected chi connectivity index (χ2v) is 14.5. The highest BCUT2D eigenvalue weighted by Crippen LogP contribution is 2.34. The Balaban J connectivity index is 1.98. The van der Waals surface area contributed by atoms with Gasteiger partial charge in [0.1, 0.15) is 18.5 Å². The summed E-state index contributed by atoms with van der Waals surface area (Å²) in [5.41, 5.74) is 1.69. The van der Waals surface area contributed by atoms with Gasteiger partial charge in [0, 0.05) is 30.4 Å². The summed E-state index contributed by atoms with van der Waals surface area (Å²) in [6.07, 6.45) is 4.26. The molecule has 2 aliphatic heterocycles. The van der Waals surface area contributed by atoms with Gasteiger partial charge < -0.3 is 39.2 Å². The number of unbranched alkanes of at least 4 members (excludes halogenated alkanes) is 1. The van der Waals surface area contributed by atoms with Crippen LogP contribution in [0, 0.1) is 23.7 Å². The van der Waals surface area contributed by atoms with E-state index in [4.69, 9.17) is 14.2 Å². The van der Waals surface area contributed by atoms with Crippen LogP contribution in [0.25, 0.3) is 0 Å². The number of aliphatic hydroxyl groups is 3. The Morgan fingerprint density at radius 2 is 1.82 bits per heavy atom. The molecule has 0 aromatic carbocycles. The van der Waals surface area contributed by atoms with Gasteiger partial charge in [0.25, 0.3) is 0 Å². The number of aryl methyl sites for hydroxylation is 1. The first-order valence-corrected chi connectivity index (χ1v) is 18.1. The second-order valence-electron chi connectivity index (χ2n) is 14.5. The lowest BCUT2D eigenvalue weighted by molar-refractivity contribution is -0.304. The Labute approximate surface area is 297 Å². The summed E-state index contributed by atoms with van der Waals surface area (Å²) >= 11 is 0. The van der Waals surface area contributed by atoms with E-state index in [0.717, 1.165) is 36.8 Å². The maximum atomic E-state index is 13.5. The molecule has 13 heteroatoms. The second kappa shape index (κ2) is 19.7. The summed E-state index contributed by atoms with van der Waals surface area (Å²) in [6, 6.07) is -0.712. The molecule has 3 rings (SSSR count). The van der Waals surface area contributed by atoms with Crippen LogP contribution in [-0.4, -0.2) is 116 Å². The van der Waals surface area contributed by atoms with Crippen LogP contribution in [0.4, 0.5) is 0 Å². The minimum atomic E-state index is -1.27. The van der Waals surface area contributed by atoms with E-state index in [2.05, 4.69) is 17.2 Å². The zero-order valence-corrected chi connectivity index (χ0v) is 31.1. The van der Waals surface area contributed by atoms with Gasteiger partial charge in [-0.15, -0.1) is 5.10 Å². The molecule has 1 aromatic heterocycles. The molecule has 0 bridgehead atoms. The maximum absolute atomic E-state index is 13.5. The Hall–Kier alpha value is -2.81. The highest BCUT2D eigenvalue weighted by atomic mass is 16.7. The number of carbonyl (C=O) groups is 3. The molecule has 0 spiro atoms. The molecule has 0 amide bonds. The van der Waals surface area contributed by atoms with Crippen molar-refractivity contribution in [3.8, 4) is 0 Å². The van der Waals surface area contributed by atoms with Crippen molar-refractivity contribution >= 4 is 18.0 Å². The third kappa shape index (κ3) is 11.3. The summed E-state index contributed by atoms with van der Waals surface area (Å²) in [7, 11) is 3.46. The summed E-state index contributed by atoms with van der Waals surface area (Å²) < 4.78 is 20.1. The number of aldehydes is 1. The molecule has 0 aliphatic carbocycles. The van der Waals surface area contributed by atoms with Crippen LogP contribution in [0.1, 0.15) is 85.8 Å². The van der Waals surface area contributed by atoms with E-state index in [1.807, 2.05) is 26.1 Å². The van der Waals surface area contributed by atoms with Crippen molar-refractivity contribution in [2.24, 2.45) is 23.7 Å². The van der Waals surface area contributed by atoms with Crippen LogP contribution < -0.4 is 0 Å². The van der Waals surface area contributed by atoms with Crippen LogP contribution in [0.3, 0.4) is 0 Å². The molecule has 1 saturated heterocycles. The average Bonchev–Trinajstić information content (AvgIpc) is 3.51. The zero-order chi connectivity index (χ0) is 37.1. The number of allylic oxidation sites excluding steroid dienone is 3. The van der Waals surface area contributed by atoms with Crippen LogP contribution in [0.15, 0.2) is 30.0 Å². The fourth-order valence-corrected chi connectivity index (χ4v) is 7.05. The molecule has 3 heterocycles. The first-order valence-electron chi connectivity index (χ1n) is 18.1. The van der Waals surface area contributed by atoms with Crippen molar-refractivity contribution in [3.63, 3.8) is 0 Å². The van der Waals surface area contributed by atoms with Gasteiger partial charge in [-0.1, -0.05) is 57.1 Å². The van der Waals surface area contributed by atoms with E-state index in [0.29, 0.717) is 13.0 Å². The summed E-state index contributed by atoms with van der Waals surface area (Å²) in [5, 5.41) is 42.1. The number of aliphatic hydroxyl groups excluding tert-OH is 3. The lowest BCUT2D eigenvalue weighted by atomic mass is 9.79. The van der Waals surface area contributed by atoms with Crippen molar-refractivity contribution in [2.75, 3.05) is 14.1 Å². The summed E-state index contributed by atoms with van der Waals surface area (Å²) in [4.78, 5) is 40.6. The molecule has 13 nitrogen and oxygen atoms in total. The third-order valence-electron chi connectivity index (χ3n) is 10.1. The van der Waals surface area contributed by atoms with Gasteiger partial charge in [-0.3, -0.25) is 14.3 Å². The molecular weight excluding hydrogens is 644 g/mol. The SMILES string of the molecule is CCCCc1cn(C[C@H]2C=C(C)C=CC(=O)[C@H](C)C[C@H](CC=O)[C@H](O[C@@H]3O[C@H](C)[C@@H](O)C(N(C)C)C3O)[C@@H](C)[C@H](O)CC(=O)O[C@@H]2CC)nn1. The molecule has 0 saturated carbocycles. The van der Waals surface area contributed by atoms with Gasteiger partial charge in [-0.2, -0.15) is 0 Å². The Morgan fingerprint density at radius 1 is 1.10 bits per heavy atom. The van der Waals surface area contributed by atoms with E-state index in [1.54, 1.807) is 50.5 Å². The number of nitrogens with zero attached hydrogens (tertiary/aromatic N) is 4. The number of esters is 1. The van der Waals surface area contributed by atoms with Crippen molar-refractivity contribution in [3.05, 3.63) is 35.7 Å². The van der Waals surface area contributed by atoms with Crippen LogP contribution in [0.5, 0.6) is 0 Å². The normalized spacial score (nSPS) is 35.2. The predicted octanol–water partition coefficient (Wildman–Crippen LogP) is 3.04. The minimum Gasteiger partial charge on any atom is -0.462 e. The highest BCUT2D eigenvalue weighted by Gasteiger charge is 2.47. The van der Waals surface area contributed by atoms with E-state index in [-0.39, 0.29) is 31.0 Å². The molecule has 282 valence electrons. The standard InChI is InChI=1S/C37H60N4O9/c1-9-11-12-28-21-41(39-38-28)20-27-17-22(3)13-14-29(43)23(4)18-26(15-16-42)36(24(5)30(44)19-32(45)49-31(27)10-2)50-37-35(47)33(40(7)8)34(46)25(6)48-37/h13-14,16-17,21,23-27,30-31,33-37,44,46-47H,9-12,15,18-20H2,1-8H3/t23-,24+,25-,26+,27-,30-,31-,33?,34-,35?,36-,37+/m1/s1. The minimum absolute atomic E-state index is 0.00652. The van der Waals surface area contributed by atoms with Crippen LogP contribution in [-0.2, 0) is 41.6 Å². The zero-order valence-electron chi connectivity index (χ0n) is 31.1. The molecule has 1 fully saturated rings. The lowest BCUT2D eigenvalue weighted by Crippen LogP contribution is -2.63. The molecule has 3 N–H and O–H groups in total. The van der Waals surface area contributed by atoms with Crippen molar-refractivity contribution in [1.82, 2.24) is 19.9 Å². The molecule has 2 aliphatic rings. The molecule has 50 heavy (non-hydrogen) atoms. The number of cyclic esters (lactones) is 1. The van der Waals surface area contributed by atoms with Gasteiger partial charge in [-0.25, -0.2) is 0 Å². The number of likely N-dealkylation sites (N-methyl/N-ethyl adjacent to an activating group) is 1. The van der Waals surface area contributed by atoms with E-state index < -0.39 is 72.7 Å². The first-order chi connectivity index (χ1) is 23.7. The maximum Gasteiger partial charge on any atom is 0.308 e. The number of hydrogen-bond acceptors (Lipinski definition) is 12. The fourth-order valence-electron chi connectivity index (χ4n) is 7.05. The van der Waals surface area contributed by atoms with Crippen molar-refractivity contribution in [1.29, 1.82) is 0 Å². The van der Waals surface area contributed by atoms with Gasteiger partial charge in [0.2, 0.25) is 0 Å². The fraction of sp³-hybridized carbons (Fsp3) is 0.757. The number of rotatable bonds is 11. The van der Waals surface area contributed by atoms with Crippen molar-refractivity contribution in [2.45, 2.75) is 142 Å². The Kier molecular flexibility index (Phi) is 16.4. The number of aromatic nitrogens is 3. The van der Waals surface area contributed by atoms with Gasteiger partial charge in [0.05, 0.1) is 49.1 Å². The lowest BCUT2D eigenvalue weighted by Gasteiger charge is -2.46. The average molecular weight is 705 g/mol. The summed E-state index contributed by atoms with van der Waals surface area (Å²) in [6.45, 7) is 11.5. The van der Waals surface area contributed by atoms with Gasteiger partial charge >= 0.3 is 5.97 Å². The third-order valence-corrected chi connectivity index (χ3v) is 10.1. The molecule has 0 radical (unpaired) electrons. The molecule has 1 aromatic rings. The highest BCUT2D eigenvalue weighted by molar-refractivity contribution is 5.91. The quantitative estimate of drug-likeness (QED) is 0.227. The Bertz CT molecular complexity index is 1300. The van der Waals surface area contributed by atoms with E-state index in [1.165, 1.54) is 6.08 Å². The largest absolute Gasteiger partial charge is 0.462 e. The molecule has 2 unspecified atom stereocenters. The van der Waals surface area contributed by atoms with Gasteiger partial charge in [-0.05, 0) is 65.6 Å². The topological polar surface area (TPSA) is 174 Å². The number of ketones is 1. The Morgan fingerprint density at radius 3 is 2.46 bits per heavy atom. The van der Waals surface area contributed by atoms with E-state index in [9.17, 15) is 29.7 Å². The predicted molar refractivity (Wildman–Crippen MR) is 187 cm³/mol. The summed E-state index contributed by atoms with van der Waals surface area (Å²) in [5.74, 6) is -2.87. The number of ether oxygens (including phenoxy) is 3.